The first-order valence-electron chi connectivity index (χ1n) is 7.89. The third kappa shape index (κ3) is 3.30. The molecule has 0 spiro atoms. The van der Waals surface area contributed by atoms with E-state index in [4.69, 9.17) is 9.47 Å². The Balaban J connectivity index is 2.21. The number of carbonyl (C=O) groups excluding carboxylic acids is 1. The van der Waals surface area contributed by atoms with Crippen molar-refractivity contribution in [2.75, 3.05) is 13.7 Å². The van der Waals surface area contributed by atoms with Gasteiger partial charge in [0, 0.05) is 5.56 Å². The smallest absolute Gasteiger partial charge is 0.338 e. The van der Waals surface area contributed by atoms with Crippen LogP contribution in [0.25, 0.3) is 5.76 Å². The van der Waals surface area contributed by atoms with Crippen molar-refractivity contribution in [2.45, 2.75) is 17.7 Å². The quantitative estimate of drug-likeness (QED) is 0.783. The summed E-state index contributed by atoms with van der Waals surface area (Å²) in [4.78, 5) is 12.5. The summed E-state index contributed by atoms with van der Waals surface area (Å²) in [5, 5.41) is 0. The molecule has 0 bridgehead atoms. The fourth-order valence-corrected chi connectivity index (χ4v) is 4.42. The van der Waals surface area contributed by atoms with E-state index in [-0.39, 0.29) is 21.1 Å². The first kappa shape index (κ1) is 17.2. The summed E-state index contributed by atoms with van der Waals surface area (Å²) >= 11 is 0. The Morgan fingerprint density at radius 3 is 2.44 bits per heavy atom. The molecule has 2 aromatic rings. The van der Waals surface area contributed by atoms with E-state index in [0.717, 1.165) is 0 Å². The Morgan fingerprint density at radius 1 is 1.04 bits per heavy atom. The Bertz CT molecular complexity index is 914. The second-order valence-corrected chi connectivity index (χ2v) is 7.53. The summed E-state index contributed by atoms with van der Waals surface area (Å²) in [6.45, 7) is 0.401. The number of ether oxygens (including phenoxy) is 2. The number of sulfone groups is 1. The second kappa shape index (κ2) is 7.11. The maximum Gasteiger partial charge on any atom is 0.338 e. The molecule has 1 aliphatic rings. The molecule has 3 rings (SSSR count). The van der Waals surface area contributed by atoms with Crippen LogP contribution in [0.3, 0.4) is 0 Å². The third-order valence-electron chi connectivity index (χ3n) is 4.00. The molecule has 2 aromatic carbocycles. The highest BCUT2D eigenvalue weighted by atomic mass is 32.2. The summed E-state index contributed by atoms with van der Waals surface area (Å²) in [5.41, 5.74) is 0.714. The molecule has 130 valence electrons. The van der Waals surface area contributed by atoms with Gasteiger partial charge in [-0.05, 0) is 31.0 Å². The van der Waals surface area contributed by atoms with Gasteiger partial charge in [0.25, 0.3) is 0 Å². The fourth-order valence-electron chi connectivity index (χ4n) is 2.80. The molecule has 5 nitrogen and oxygen atoms in total. The minimum atomic E-state index is -3.71. The van der Waals surface area contributed by atoms with Gasteiger partial charge in [-0.3, -0.25) is 0 Å². The van der Waals surface area contributed by atoms with Crippen molar-refractivity contribution in [1.82, 2.24) is 0 Å². The third-order valence-corrected chi connectivity index (χ3v) is 5.93. The minimum Gasteiger partial charge on any atom is -0.492 e. The van der Waals surface area contributed by atoms with Crippen LogP contribution in [0.2, 0.25) is 0 Å². The molecular weight excluding hydrogens is 340 g/mol. The maximum atomic E-state index is 13.1. The molecule has 1 aliphatic heterocycles. The first-order chi connectivity index (χ1) is 12.1. The molecule has 0 saturated heterocycles. The number of carbonyl (C=O) groups is 1. The Morgan fingerprint density at radius 2 is 1.72 bits per heavy atom. The zero-order valence-corrected chi connectivity index (χ0v) is 14.6. The number of esters is 1. The van der Waals surface area contributed by atoms with E-state index >= 15 is 0 Å². The normalized spacial score (nSPS) is 14.8. The molecule has 0 atom stereocenters. The lowest BCUT2D eigenvalue weighted by atomic mass is 10.0. The van der Waals surface area contributed by atoms with Gasteiger partial charge in [-0.1, -0.05) is 36.4 Å². The number of hydrogen-bond donors (Lipinski definition) is 0. The van der Waals surface area contributed by atoms with Crippen molar-refractivity contribution in [3.05, 3.63) is 70.6 Å². The van der Waals surface area contributed by atoms with Crippen molar-refractivity contribution < 1.29 is 22.7 Å². The van der Waals surface area contributed by atoms with Gasteiger partial charge in [0.2, 0.25) is 9.84 Å². The summed E-state index contributed by atoms with van der Waals surface area (Å²) in [6, 6.07) is 14.9. The molecule has 0 radical (unpaired) electrons. The molecular formula is C19H18O5S. The number of methoxy groups -OCH3 is 1. The van der Waals surface area contributed by atoms with Crippen molar-refractivity contribution >= 4 is 21.6 Å². The maximum absolute atomic E-state index is 13.1. The SMILES string of the molecule is COC(=O)c1ccccc1C1=C(S(=O)(=O)c2ccccc2)CCCO1. The molecule has 0 aromatic heterocycles. The van der Waals surface area contributed by atoms with Crippen molar-refractivity contribution in [2.24, 2.45) is 0 Å². The van der Waals surface area contributed by atoms with E-state index in [1.165, 1.54) is 7.11 Å². The first-order valence-corrected chi connectivity index (χ1v) is 9.38. The summed E-state index contributed by atoms with van der Waals surface area (Å²) < 4.78 is 36.7. The van der Waals surface area contributed by atoms with Gasteiger partial charge in [0.15, 0.2) is 0 Å². The standard InChI is InChI=1S/C19H18O5S/c1-23-19(20)16-11-6-5-10-15(16)18-17(12-7-13-24-18)25(21,22)14-8-3-2-4-9-14/h2-6,8-11H,7,12-13H2,1H3. The van der Waals surface area contributed by atoms with E-state index in [9.17, 15) is 13.2 Å². The Kier molecular flexibility index (Phi) is 4.90. The molecule has 25 heavy (non-hydrogen) atoms. The van der Waals surface area contributed by atoms with Crippen LogP contribution in [0.1, 0.15) is 28.8 Å². The number of benzene rings is 2. The number of allylic oxidation sites excluding steroid dienone is 1. The topological polar surface area (TPSA) is 69.7 Å². The monoisotopic (exact) mass is 358 g/mol. The van der Waals surface area contributed by atoms with Crippen LogP contribution in [0.15, 0.2) is 64.4 Å². The zero-order chi connectivity index (χ0) is 17.9. The molecule has 0 amide bonds. The molecule has 0 unspecified atom stereocenters. The molecule has 0 saturated carbocycles. The van der Waals surface area contributed by atoms with Crippen LogP contribution < -0.4 is 0 Å². The van der Waals surface area contributed by atoms with E-state index < -0.39 is 15.8 Å². The van der Waals surface area contributed by atoms with Crippen LogP contribution in [-0.2, 0) is 19.3 Å². The van der Waals surface area contributed by atoms with Crippen molar-refractivity contribution in [1.29, 1.82) is 0 Å². The summed E-state index contributed by atoms with van der Waals surface area (Å²) in [6.07, 6.45) is 0.966. The second-order valence-electron chi connectivity index (χ2n) is 5.56. The molecule has 6 heteroatoms. The lowest BCUT2D eigenvalue weighted by molar-refractivity contribution is 0.0599. The molecule has 1 heterocycles. The van der Waals surface area contributed by atoms with E-state index in [2.05, 4.69) is 0 Å². The van der Waals surface area contributed by atoms with Gasteiger partial charge in [-0.2, -0.15) is 0 Å². The van der Waals surface area contributed by atoms with Crippen LogP contribution in [-0.4, -0.2) is 28.1 Å². The predicted molar refractivity (Wildman–Crippen MR) is 93.5 cm³/mol. The van der Waals surface area contributed by atoms with Crippen molar-refractivity contribution in [3.8, 4) is 0 Å². The Labute approximate surface area is 146 Å². The van der Waals surface area contributed by atoms with E-state index in [0.29, 0.717) is 25.0 Å². The zero-order valence-electron chi connectivity index (χ0n) is 13.8. The van der Waals surface area contributed by atoms with Crippen LogP contribution in [0, 0.1) is 0 Å². The highest BCUT2D eigenvalue weighted by molar-refractivity contribution is 7.95. The van der Waals surface area contributed by atoms with Gasteiger partial charge in [0.1, 0.15) is 5.76 Å². The fraction of sp³-hybridized carbons (Fsp3) is 0.211. The van der Waals surface area contributed by atoms with Crippen molar-refractivity contribution in [3.63, 3.8) is 0 Å². The summed E-state index contributed by atoms with van der Waals surface area (Å²) in [5.74, 6) is -0.301. The van der Waals surface area contributed by atoms with Crippen LogP contribution >= 0.6 is 0 Å². The highest BCUT2D eigenvalue weighted by Crippen LogP contribution is 2.36. The van der Waals surface area contributed by atoms with Gasteiger partial charge in [-0.15, -0.1) is 0 Å². The lowest BCUT2D eigenvalue weighted by Crippen LogP contribution is -2.16. The minimum absolute atomic E-state index is 0.196. The van der Waals surface area contributed by atoms with Gasteiger partial charge < -0.3 is 9.47 Å². The van der Waals surface area contributed by atoms with Gasteiger partial charge >= 0.3 is 5.97 Å². The molecule has 0 aliphatic carbocycles. The predicted octanol–water partition coefficient (Wildman–Crippen LogP) is 3.43. The lowest BCUT2D eigenvalue weighted by Gasteiger charge is -2.22. The van der Waals surface area contributed by atoms with E-state index in [1.807, 2.05) is 0 Å². The number of hydrogen-bond acceptors (Lipinski definition) is 5. The Hall–Kier alpha value is -2.60. The largest absolute Gasteiger partial charge is 0.492 e. The average molecular weight is 358 g/mol. The summed E-state index contributed by atoms with van der Waals surface area (Å²) in [7, 11) is -2.42. The van der Waals surface area contributed by atoms with Crippen LogP contribution in [0.5, 0.6) is 0 Å². The average Bonchev–Trinajstić information content (AvgIpc) is 2.68. The number of rotatable bonds is 4. The highest BCUT2D eigenvalue weighted by Gasteiger charge is 2.30. The molecule has 0 N–H and O–H groups in total. The van der Waals surface area contributed by atoms with Crippen LogP contribution in [0.4, 0.5) is 0 Å². The van der Waals surface area contributed by atoms with Gasteiger partial charge in [0.05, 0.1) is 29.1 Å². The molecule has 0 fully saturated rings. The van der Waals surface area contributed by atoms with E-state index in [1.54, 1.807) is 54.6 Å². The van der Waals surface area contributed by atoms with Gasteiger partial charge in [-0.25, -0.2) is 13.2 Å².